The van der Waals surface area contributed by atoms with E-state index >= 15 is 0 Å². The number of benzene rings is 1. The number of fused-ring (bicyclic) bond motifs is 1. The van der Waals surface area contributed by atoms with E-state index < -0.39 is 23.1 Å². The predicted molar refractivity (Wildman–Crippen MR) is 104 cm³/mol. The van der Waals surface area contributed by atoms with Crippen LogP contribution in [0.3, 0.4) is 0 Å². The highest BCUT2D eigenvalue weighted by molar-refractivity contribution is 6.17. The van der Waals surface area contributed by atoms with Crippen LogP contribution in [0.1, 0.15) is 38.3 Å². The molecule has 3 aromatic rings. The number of Topliss-reactive ketones (excluding diaryl/α,β-unsaturated/α-hetero) is 1. The first-order chi connectivity index (χ1) is 13.2. The van der Waals surface area contributed by atoms with Crippen molar-refractivity contribution in [2.75, 3.05) is 4.90 Å². The van der Waals surface area contributed by atoms with Gasteiger partial charge in [-0.05, 0) is 31.2 Å². The van der Waals surface area contributed by atoms with Gasteiger partial charge in [-0.25, -0.2) is 4.98 Å². The van der Waals surface area contributed by atoms with Gasteiger partial charge in [0.1, 0.15) is 17.6 Å². The number of amides is 1. The molecule has 0 radical (unpaired) electrons. The first-order valence-electron chi connectivity index (χ1n) is 9.01. The molecule has 1 unspecified atom stereocenters. The predicted octanol–water partition coefficient (Wildman–Crippen LogP) is 3.98. The molecule has 0 saturated carbocycles. The monoisotopic (exact) mass is 379 g/mol. The van der Waals surface area contributed by atoms with E-state index in [0.29, 0.717) is 17.0 Å². The van der Waals surface area contributed by atoms with E-state index in [1.165, 1.54) is 4.90 Å². The van der Waals surface area contributed by atoms with Gasteiger partial charge in [-0.2, -0.15) is 0 Å². The minimum absolute atomic E-state index is 0.0207. The number of rotatable bonds is 3. The van der Waals surface area contributed by atoms with Gasteiger partial charge in [0.05, 0.1) is 16.6 Å². The summed E-state index contributed by atoms with van der Waals surface area (Å²) in [5.41, 5.74) is 0.657. The molecule has 7 heteroatoms. The summed E-state index contributed by atoms with van der Waals surface area (Å²) in [7, 11) is 0. The van der Waals surface area contributed by atoms with Crippen LogP contribution in [0, 0.1) is 12.3 Å². The summed E-state index contributed by atoms with van der Waals surface area (Å²) in [6.07, 6.45) is 0. The number of carbonyl (C=O) groups is 2. The van der Waals surface area contributed by atoms with Crippen LogP contribution >= 0.6 is 0 Å². The molecule has 1 atom stereocenters. The molecule has 1 aromatic carbocycles. The number of hydrogen-bond acceptors (Lipinski definition) is 5. The Morgan fingerprint density at radius 2 is 1.93 bits per heavy atom. The molecule has 3 heterocycles. The minimum Gasteiger partial charge on any atom is -0.503 e. The number of furan rings is 1. The first kappa shape index (κ1) is 18.0. The Kier molecular flexibility index (Phi) is 3.92. The van der Waals surface area contributed by atoms with Crippen molar-refractivity contribution >= 4 is 28.7 Å². The summed E-state index contributed by atoms with van der Waals surface area (Å²) in [5, 5.41) is 10.6. The number of imidazole rings is 1. The largest absolute Gasteiger partial charge is 0.503 e. The molecule has 7 nitrogen and oxygen atoms in total. The van der Waals surface area contributed by atoms with Gasteiger partial charge >= 0.3 is 0 Å². The van der Waals surface area contributed by atoms with Gasteiger partial charge in [0.2, 0.25) is 5.95 Å². The smallest absolute Gasteiger partial charge is 0.296 e. The maximum absolute atomic E-state index is 13.1. The normalized spacial score (nSPS) is 17.8. The van der Waals surface area contributed by atoms with Crippen LogP contribution in [0.4, 0.5) is 5.95 Å². The fraction of sp³-hybridized carbons (Fsp3) is 0.286. The van der Waals surface area contributed by atoms with Crippen LogP contribution in [0.15, 0.2) is 52.1 Å². The van der Waals surface area contributed by atoms with Gasteiger partial charge in [-0.1, -0.05) is 32.9 Å². The van der Waals surface area contributed by atoms with Crippen LogP contribution in [0.25, 0.3) is 11.0 Å². The Morgan fingerprint density at radius 1 is 1.21 bits per heavy atom. The second-order valence-electron chi connectivity index (χ2n) is 7.95. The van der Waals surface area contributed by atoms with Crippen LogP contribution in [-0.2, 0) is 9.59 Å². The molecular formula is C21H21N3O4. The molecule has 0 bridgehead atoms. The molecule has 0 saturated heterocycles. The van der Waals surface area contributed by atoms with Crippen molar-refractivity contribution < 1.29 is 19.1 Å². The number of anilines is 1. The number of aliphatic hydroxyl groups excluding tert-OH is 1. The molecule has 1 aliphatic rings. The average Bonchev–Trinajstić information content (AvgIpc) is 3.30. The zero-order valence-corrected chi connectivity index (χ0v) is 16.1. The lowest BCUT2D eigenvalue weighted by atomic mass is 9.83. The third kappa shape index (κ3) is 2.70. The maximum Gasteiger partial charge on any atom is 0.296 e. The summed E-state index contributed by atoms with van der Waals surface area (Å²) >= 11 is 0. The number of H-pyrrole nitrogens is 1. The highest BCUT2D eigenvalue weighted by Gasteiger charge is 2.49. The molecule has 2 N–H and O–H groups in total. The van der Waals surface area contributed by atoms with Gasteiger partial charge < -0.3 is 14.5 Å². The lowest BCUT2D eigenvalue weighted by Gasteiger charge is -2.25. The fourth-order valence-electron chi connectivity index (χ4n) is 3.38. The van der Waals surface area contributed by atoms with Gasteiger partial charge in [-0.15, -0.1) is 0 Å². The van der Waals surface area contributed by atoms with Crippen molar-refractivity contribution in [2.45, 2.75) is 33.7 Å². The van der Waals surface area contributed by atoms with E-state index in [1.54, 1.807) is 39.8 Å². The van der Waals surface area contributed by atoms with Crippen molar-refractivity contribution in [3.63, 3.8) is 0 Å². The van der Waals surface area contributed by atoms with Gasteiger partial charge in [-0.3, -0.25) is 14.5 Å². The third-order valence-electron chi connectivity index (χ3n) is 4.77. The lowest BCUT2D eigenvalue weighted by molar-refractivity contribution is -0.123. The molecule has 0 fully saturated rings. The summed E-state index contributed by atoms with van der Waals surface area (Å²) < 4.78 is 5.75. The lowest BCUT2D eigenvalue weighted by Crippen LogP contribution is -2.33. The number of aryl methyl sites for hydroxylation is 1. The molecule has 28 heavy (non-hydrogen) atoms. The van der Waals surface area contributed by atoms with Crippen LogP contribution in [-0.4, -0.2) is 26.8 Å². The summed E-state index contributed by atoms with van der Waals surface area (Å²) in [4.78, 5) is 34.9. The second kappa shape index (κ2) is 6.09. The van der Waals surface area contributed by atoms with Crippen LogP contribution in [0.5, 0.6) is 0 Å². The summed E-state index contributed by atoms with van der Waals surface area (Å²) in [6, 6.07) is 9.92. The van der Waals surface area contributed by atoms with Crippen LogP contribution in [0.2, 0.25) is 0 Å². The molecule has 2 aromatic heterocycles. The molecule has 4 rings (SSSR count). The quantitative estimate of drug-likeness (QED) is 0.717. The fourth-order valence-corrected chi connectivity index (χ4v) is 3.38. The molecule has 0 aliphatic carbocycles. The maximum atomic E-state index is 13.1. The Bertz CT molecular complexity index is 1100. The number of aliphatic hydroxyl groups is 1. The van der Waals surface area contributed by atoms with Crippen LogP contribution < -0.4 is 4.90 Å². The molecular weight excluding hydrogens is 358 g/mol. The number of aromatic nitrogens is 2. The second-order valence-corrected chi connectivity index (χ2v) is 7.95. The Labute approximate surface area is 161 Å². The summed E-state index contributed by atoms with van der Waals surface area (Å²) in [6.45, 7) is 7.01. The van der Waals surface area contributed by atoms with Crippen molar-refractivity contribution in [1.29, 1.82) is 0 Å². The van der Waals surface area contributed by atoms with Crippen molar-refractivity contribution in [3.05, 3.63) is 59.3 Å². The Balaban J connectivity index is 1.90. The number of para-hydroxylation sites is 2. The number of hydrogen-bond donors (Lipinski definition) is 2. The van der Waals surface area contributed by atoms with Crippen molar-refractivity contribution in [1.82, 2.24) is 9.97 Å². The highest BCUT2D eigenvalue weighted by Crippen LogP contribution is 2.43. The first-order valence-corrected chi connectivity index (χ1v) is 9.01. The standard InChI is InChI=1S/C21H21N3O4/c1-11-9-10-14(28-11)16-15(18(26)21(2,3)4)17(25)19(27)24(16)20-22-12-7-5-6-8-13(12)23-20/h5-10,16,25H,1-4H3,(H,22,23). The molecule has 1 aliphatic heterocycles. The molecule has 0 spiro atoms. The topological polar surface area (TPSA) is 99.4 Å². The third-order valence-corrected chi connectivity index (χ3v) is 4.77. The number of carbonyl (C=O) groups excluding carboxylic acids is 2. The van der Waals surface area contributed by atoms with Gasteiger partial charge in [0, 0.05) is 5.41 Å². The zero-order valence-electron chi connectivity index (χ0n) is 16.1. The van der Waals surface area contributed by atoms with E-state index in [9.17, 15) is 14.7 Å². The number of aromatic amines is 1. The van der Waals surface area contributed by atoms with Gasteiger partial charge in [0.25, 0.3) is 5.91 Å². The minimum atomic E-state index is -0.895. The van der Waals surface area contributed by atoms with Crippen molar-refractivity contribution in [2.24, 2.45) is 5.41 Å². The SMILES string of the molecule is Cc1ccc(C2C(C(=O)C(C)(C)C)=C(O)C(=O)N2c2nc3ccccc3[nH]2)o1. The number of nitrogens with zero attached hydrogens (tertiary/aromatic N) is 2. The van der Waals surface area contributed by atoms with Gasteiger partial charge in [0.15, 0.2) is 11.5 Å². The van der Waals surface area contributed by atoms with Crippen molar-refractivity contribution in [3.8, 4) is 0 Å². The number of nitrogens with one attached hydrogen (secondary N) is 1. The zero-order chi connectivity index (χ0) is 20.2. The van der Waals surface area contributed by atoms with E-state index in [0.717, 1.165) is 5.52 Å². The molecule has 144 valence electrons. The average molecular weight is 379 g/mol. The Hall–Kier alpha value is -3.35. The Morgan fingerprint density at radius 3 is 2.54 bits per heavy atom. The van der Waals surface area contributed by atoms with E-state index in [2.05, 4.69) is 9.97 Å². The van der Waals surface area contributed by atoms with E-state index in [1.807, 2.05) is 24.3 Å². The molecule has 1 amide bonds. The highest BCUT2D eigenvalue weighted by atomic mass is 16.3. The summed E-state index contributed by atoms with van der Waals surface area (Å²) in [5.74, 6) is -0.307. The van der Waals surface area contributed by atoms with E-state index in [-0.39, 0.29) is 17.3 Å². The number of ketones is 1. The van der Waals surface area contributed by atoms with E-state index in [4.69, 9.17) is 4.42 Å².